The third-order valence-electron chi connectivity index (χ3n) is 4.07. The fraction of sp³-hybridized carbons (Fsp3) is 0.467. The van der Waals surface area contributed by atoms with E-state index in [-0.39, 0.29) is 24.6 Å². The summed E-state index contributed by atoms with van der Waals surface area (Å²) in [5.74, 6) is 0.686. The van der Waals surface area contributed by atoms with Crippen LogP contribution in [0.25, 0.3) is 0 Å². The number of hydrogen-bond acceptors (Lipinski definition) is 4. The number of hydrogen-bond donors (Lipinski definition) is 2. The molecule has 1 atom stereocenters. The average molecular weight is 305 g/mol. The molecule has 118 valence electrons. The number of aryl methyl sites for hydroxylation is 1. The molecule has 0 saturated carbocycles. The first kappa shape index (κ1) is 14.5. The summed E-state index contributed by atoms with van der Waals surface area (Å²) in [6, 6.07) is 3.36. The molecule has 3 N–H and O–H groups in total. The van der Waals surface area contributed by atoms with Crippen molar-refractivity contribution in [2.75, 3.05) is 25.2 Å². The lowest BCUT2D eigenvalue weighted by Gasteiger charge is -2.31. The largest absolute Gasteiger partial charge is 0.454 e. The van der Waals surface area contributed by atoms with E-state index in [1.807, 2.05) is 13.0 Å². The van der Waals surface area contributed by atoms with Crippen LogP contribution in [0.15, 0.2) is 12.1 Å². The molecule has 0 radical (unpaired) electrons. The number of urea groups is 1. The summed E-state index contributed by atoms with van der Waals surface area (Å²) in [4.78, 5) is 25.3. The molecule has 22 heavy (non-hydrogen) atoms. The number of ether oxygens (including phenoxy) is 2. The molecular formula is C15H19N3O4. The fourth-order valence-electron chi connectivity index (χ4n) is 2.77. The Morgan fingerprint density at radius 3 is 2.77 bits per heavy atom. The highest BCUT2D eigenvalue weighted by molar-refractivity contribution is 5.91. The van der Waals surface area contributed by atoms with Gasteiger partial charge in [0, 0.05) is 24.8 Å². The van der Waals surface area contributed by atoms with E-state index in [9.17, 15) is 9.59 Å². The highest BCUT2D eigenvalue weighted by atomic mass is 16.7. The van der Waals surface area contributed by atoms with Crippen molar-refractivity contribution in [3.05, 3.63) is 17.7 Å². The molecule has 0 bridgehead atoms. The van der Waals surface area contributed by atoms with E-state index in [1.54, 1.807) is 11.0 Å². The molecule has 1 fully saturated rings. The van der Waals surface area contributed by atoms with Gasteiger partial charge < -0.3 is 25.4 Å². The van der Waals surface area contributed by atoms with Gasteiger partial charge in [-0.25, -0.2) is 4.79 Å². The van der Waals surface area contributed by atoms with Crippen molar-refractivity contribution in [3.63, 3.8) is 0 Å². The highest BCUT2D eigenvalue weighted by Crippen LogP contribution is 2.36. The smallest absolute Gasteiger partial charge is 0.321 e. The molecule has 1 aromatic rings. The van der Waals surface area contributed by atoms with Gasteiger partial charge in [-0.2, -0.15) is 0 Å². The molecule has 7 heteroatoms. The lowest BCUT2D eigenvalue weighted by molar-refractivity contribution is -0.123. The van der Waals surface area contributed by atoms with Crippen molar-refractivity contribution in [1.29, 1.82) is 0 Å². The number of rotatable bonds is 2. The summed E-state index contributed by atoms with van der Waals surface area (Å²) >= 11 is 0. The van der Waals surface area contributed by atoms with Gasteiger partial charge in [-0.1, -0.05) is 0 Å². The predicted octanol–water partition coefficient (Wildman–Crippen LogP) is 1.45. The molecular weight excluding hydrogens is 286 g/mol. The second-order valence-corrected chi connectivity index (χ2v) is 5.64. The third-order valence-corrected chi connectivity index (χ3v) is 4.07. The number of nitrogens with zero attached hydrogens (tertiary/aromatic N) is 1. The molecule has 1 aromatic carbocycles. The number of amides is 3. The molecule has 7 nitrogen and oxygen atoms in total. The summed E-state index contributed by atoms with van der Waals surface area (Å²) in [5.41, 5.74) is 6.91. The lowest BCUT2D eigenvalue weighted by atomic mass is 9.98. The number of fused-ring (bicyclic) bond motifs is 1. The minimum Gasteiger partial charge on any atom is -0.454 e. The summed E-state index contributed by atoms with van der Waals surface area (Å²) in [7, 11) is 0. The van der Waals surface area contributed by atoms with E-state index >= 15 is 0 Å². The van der Waals surface area contributed by atoms with Crippen LogP contribution in [0, 0.1) is 12.8 Å². The third kappa shape index (κ3) is 2.79. The van der Waals surface area contributed by atoms with Gasteiger partial charge in [0.1, 0.15) is 0 Å². The fourth-order valence-corrected chi connectivity index (χ4v) is 2.77. The van der Waals surface area contributed by atoms with Crippen LogP contribution in [0.5, 0.6) is 11.5 Å². The first-order chi connectivity index (χ1) is 10.5. The number of piperidine rings is 1. The first-order valence-electron chi connectivity index (χ1n) is 7.30. The maximum atomic E-state index is 12.4. The zero-order valence-electron chi connectivity index (χ0n) is 12.4. The molecule has 2 aliphatic rings. The average Bonchev–Trinajstić information content (AvgIpc) is 2.94. The number of carbonyl (C=O) groups excluding carboxylic acids is 2. The summed E-state index contributed by atoms with van der Waals surface area (Å²) < 4.78 is 10.6. The Labute approximate surface area is 128 Å². The van der Waals surface area contributed by atoms with Crippen LogP contribution >= 0.6 is 0 Å². The molecule has 0 spiro atoms. The normalized spacial score (nSPS) is 19.9. The number of benzene rings is 1. The minimum absolute atomic E-state index is 0.193. The maximum absolute atomic E-state index is 12.4. The van der Waals surface area contributed by atoms with Crippen LogP contribution in [-0.2, 0) is 4.79 Å². The van der Waals surface area contributed by atoms with E-state index in [0.717, 1.165) is 18.4 Å². The lowest BCUT2D eigenvalue weighted by Crippen LogP contribution is -2.45. The van der Waals surface area contributed by atoms with Crippen LogP contribution in [-0.4, -0.2) is 36.7 Å². The Balaban J connectivity index is 1.70. The van der Waals surface area contributed by atoms with Crippen molar-refractivity contribution in [2.24, 2.45) is 11.7 Å². The molecule has 1 saturated heterocycles. The van der Waals surface area contributed by atoms with Crippen LogP contribution in [0.4, 0.5) is 10.5 Å². The van der Waals surface area contributed by atoms with Gasteiger partial charge >= 0.3 is 6.03 Å². The van der Waals surface area contributed by atoms with Gasteiger partial charge in [0.2, 0.25) is 12.7 Å². The van der Waals surface area contributed by atoms with Gasteiger partial charge in [-0.05, 0) is 31.4 Å². The van der Waals surface area contributed by atoms with Crippen LogP contribution in [0.3, 0.4) is 0 Å². The molecule has 0 aromatic heterocycles. The second kappa shape index (κ2) is 5.75. The number of anilines is 1. The van der Waals surface area contributed by atoms with E-state index in [4.69, 9.17) is 15.2 Å². The van der Waals surface area contributed by atoms with Gasteiger partial charge in [-0.3, -0.25) is 4.79 Å². The van der Waals surface area contributed by atoms with Gasteiger partial charge in [0.25, 0.3) is 0 Å². The zero-order valence-corrected chi connectivity index (χ0v) is 12.4. The van der Waals surface area contributed by atoms with E-state index in [2.05, 4.69) is 5.32 Å². The van der Waals surface area contributed by atoms with Crippen LogP contribution in [0.2, 0.25) is 0 Å². The topological polar surface area (TPSA) is 93.9 Å². The van der Waals surface area contributed by atoms with E-state index in [1.165, 1.54) is 0 Å². The maximum Gasteiger partial charge on any atom is 0.321 e. The molecule has 3 rings (SSSR count). The Hall–Kier alpha value is -2.44. The molecule has 3 amide bonds. The van der Waals surface area contributed by atoms with Gasteiger partial charge in [0.05, 0.1) is 5.92 Å². The molecule has 2 heterocycles. The second-order valence-electron chi connectivity index (χ2n) is 5.64. The van der Waals surface area contributed by atoms with Crippen LogP contribution < -0.4 is 20.5 Å². The molecule has 2 aliphatic heterocycles. The van der Waals surface area contributed by atoms with Crippen molar-refractivity contribution in [1.82, 2.24) is 4.90 Å². The van der Waals surface area contributed by atoms with Crippen molar-refractivity contribution in [3.8, 4) is 11.5 Å². The first-order valence-corrected chi connectivity index (χ1v) is 7.30. The van der Waals surface area contributed by atoms with E-state index in [0.29, 0.717) is 30.3 Å². The highest BCUT2D eigenvalue weighted by Gasteiger charge is 2.27. The summed E-state index contributed by atoms with van der Waals surface area (Å²) in [6.07, 6.45) is 1.52. The SMILES string of the molecule is Cc1cc2c(cc1NC(=O)N1CCC[C@H](C(N)=O)C1)OCO2. The van der Waals surface area contributed by atoms with Crippen LogP contribution in [0.1, 0.15) is 18.4 Å². The minimum atomic E-state index is -0.350. The van der Waals surface area contributed by atoms with Crippen molar-refractivity contribution >= 4 is 17.6 Å². The standard InChI is InChI=1S/C15H19N3O4/c1-9-5-12-13(22-8-21-12)6-11(9)17-15(20)18-4-2-3-10(7-18)14(16)19/h5-6,10H,2-4,7-8H2,1H3,(H2,16,19)(H,17,20)/t10-/m0/s1. The predicted molar refractivity (Wildman–Crippen MR) is 79.8 cm³/mol. The molecule has 0 unspecified atom stereocenters. The monoisotopic (exact) mass is 305 g/mol. The summed E-state index contributed by atoms with van der Waals surface area (Å²) in [6.45, 7) is 3.07. The number of nitrogens with two attached hydrogens (primary N) is 1. The number of carbonyl (C=O) groups is 2. The zero-order chi connectivity index (χ0) is 15.7. The molecule has 0 aliphatic carbocycles. The van der Waals surface area contributed by atoms with Crippen molar-refractivity contribution < 1.29 is 19.1 Å². The quantitative estimate of drug-likeness (QED) is 0.864. The number of likely N-dealkylation sites (tertiary alicyclic amines) is 1. The Bertz CT molecular complexity index is 617. The van der Waals surface area contributed by atoms with Gasteiger partial charge in [0.15, 0.2) is 11.5 Å². The number of nitrogens with one attached hydrogen (secondary N) is 1. The number of primary amides is 1. The van der Waals surface area contributed by atoms with Crippen molar-refractivity contribution in [2.45, 2.75) is 19.8 Å². The van der Waals surface area contributed by atoms with E-state index < -0.39 is 0 Å². The summed E-state index contributed by atoms with van der Waals surface area (Å²) in [5, 5.41) is 2.87. The Kier molecular flexibility index (Phi) is 3.79. The van der Waals surface area contributed by atoms with Gasteiger partial charge in [-0.15, -0.1) is 0 Å². The Morgan fingerprint density at radius 1 is 1.32 bits per heavy atom. The Morgan fingerprint density at radius 2 is 2.05 bits per heavy atom.